The molecular weight excluding hydrogens is 605 g/mol. The largest absolute Gasteiger partial charge is 0.416 e. The molecule has 0 saturated heterocycles. The van der Waals surface area contributed by atoms with Crippen LogP contribution in [0.5, 0.6) is 0 Å². The molecule has 1 fully saturated rings. The first-order chi connectivity index (χ1) is 22.0. The number of rotatable bonds is 8. The van der Waals surface area contributed by atoms with Crippen molar-refractivity contribution in [2.24, 2.45) is 37.2 Å². The zero-order chi connectivity index (χ0) is 34.2. The Kier molecular flexibility index (Phi) is 9.50. The van der Waals surface area contributed by atoms with Gasteiger partial charge in [-0.15, -0.1) is 5.10 Å². The number of carbonyl (C=O) groups excluding carboxylic acids is 2. The molecule has 0 bridgehead atoms. The Hall–Kier alpha value is -3.89. The fourth-order valence-corrected chi connectivity index (χ4v) is 6.86. The molecule has 252 valence electrons. The molecule has 2 aromatic carbocycles. The maximum Gasteiger partial charge on any atom is 0.416 e. The van der Waals surface area contributed by atoms with E-state index in [0.29, 0.717) is 43.0 Å². The van der Waals surface area contributed by atoms with E-state index in [4.69, 9.17) is 4.99 Å². The van der Waals surface area contributed by atoms with Gasteiger partial charge in [0.2, 0.25) is 0 Å². The van der Waals surface area contributed by atoms with Crippen LogP contribution in [0.1, 0.15) is 113 Å². The molecule has 11 heteroatoms. The van der Waals surface area contributed by atoms with Crippen LogP contribution >= 0.6 is 0 Å². The van der Waals surface area contributed by atoms with Crippen LogP contribution in [0.25, 0.3) is 0 Å². The minimum absolute atomic E-state index is 0.0375. The van der Waals surface area contributed by atoms with Gasteiger partial charge in [0, 0.05) is 11.1 Å². The summed E-state index contributed by atoms with van der Waals surface area (Å²) in [5.74, 6) is -0.185. The number of amides is 2. The Labute approximate surface area is 275 Å². The molecule has 3 aliphatic rings. The maximum atomic E-state index is 14.6. The minimum atomic E-state index is -4.54. The number of nitrogens with zero attached hydrogens (tertiary/aromatic N) is 5. The summed E-state index contributed by atoms with van der Waals surface area (Å²) >= 11 is 0. The summed E-state index contributed by atoms with van der Waals surface area (Å²) in [5, 5.41) is 14.1. The number of halogens is 3. The van der Waals surface area contributed by atoms with Gasteiger partial charge >= 0.3 is 6.18 Å². The molecule has 1 N–H and O–H groups in total. The Balaban J connectivity index is 1.51. The molecule has 47 heavy (non-hydrogen) atoms. The van der Waals surface area contributed by atoms with Crippen LogP contribution in [0.4, 0.5) is 13.2 Å². The quantitative estimate of drug-likeness (QED) is 0.310. The van der Waals surface area contributed by atoms with Gasteiger partial charge in [-0.2, -0.15) is 18.3 Å². The molecule has 2 amide bonds. The van der Waals surface area contributed by atoms with Crippen molar-refractivity contribution >= 4 is 23.2 Å². The number of hydrogen-bond donors (Lipinski definition) is 1. The molecule has 1 aliphatic carbocycles. The third-order valence-electron chi connectivity index (χ3n) is 9.66. The van der Waals surface area contributed by atoms with E-state index < -0.39 is 23.4 Å². The number of carbonyl (C=O) groups is 2. The van der Waals surface area contributed by atoms with Gasteiger partial charge < -0.3 is 10.2 Å². The van der Waals surface area contributed by atoms with Crippen molar-refractivity contribution in [1.29, 1.82) is 0 Å². The van der Waals surface area contributed by atoms with Crippen LogP contribution in [0, 0.1) is 16.7 Å². The summed E-state index contributed by atoms with van der Waals surface area (Å²) in [5.41, 5.74) is 0.611. The zero-order valence-electron chi connectivity index (χ0n) is 28.1. The summed E-state index contributed by atoms with van der Waals surface area (Å²) in [4.78, 5) is 34.4. The normalized spacial score (nSPS) is 22.4. The third-order valence-corrected chi connectivity index (χ3v) is 9.66. The van der Waals surface area contributed by atoms with Crippen molar-refractivity contribution in [2.45, 2.75) is 97.9 Å². The molecule has 2 aromatic rings. The van der Waals surface area contributed by atoms with Gasteiger partial charge in [-0.3, -0.25) is 14.6 Å². The van der Waals surface area contributed by atoms with Crippen LogP contribution in [-0.2, 0) is 11.0 Å². The monoisotopic (exact) mass is 650 g/mol. The Bertz CT molecular complexity index is 1570. The summed E-state index contributed by atoms with van der Waals surface area (Å²) in [6.45, 7) is 13.7. The Morgan fingerprint density at radius 3 is 2.28 bits per heavy atom. The Morgan fingerprint density at radius 2 is 1.70 bits per heavy atom. The van der Waals surface area contributed by atoms with Gasteiger partial charge in [0.1, 0.15) is 17.9 Å². The standard InChI is InChI=1S/C36H45F3N6O2/c1-33(2,3)17-16-29(23-10-12-24(13-11-23)31(46)40-21-28-22-41-44-43-28)45-32(47)30(25-8-7-9-27(20-25)36(37,38)39)42-35(45)18-14-26(15-19-35)34(4,5)6/h7-13,20,26,29H,14-19,21-22H2,1-6H3,(H,40,46)/t26?,29-,35?/m1/s1. The molecule has 5 rings (SSSR count). The average Bonchev–Trinajstić information content (AvgIpc) is 3.62. The van der Waals surface area contributed by atoms with Crippen molar-refractivity contribution in [2.75, 3.05) is 13.1 Å². The lowest BCUT2D eigenvalue weighted by Crippen LogP contribution is -2.51. The van der Waals surface area contributed by atoms with Gasteiger partial charge in [0.05, 0.1) is 23.9 Å². The summed E-state index contributed by atoms with van der Waals surface area (Å²) in [6.07, 6.45) is -0.173. The third kappa shape index (κ3) is 7.81. The highest BCUT2D eigenvalue weighted by atomic mass is 19.4. The van der Waals surface area contributed by atoms with E-state index >= 15 is 0 Å². The lowest BCUT2D eigenvalue weighted by Gasteiger charge is -2.47. The molecule has 0 unspecified atom stereocenters. The summed E-state index contributed by atoms with van der Waals surface area (Å²) < 4.78 is 41.2. The minimum Gasteiger partial charge on any atom is -0.347 e. The maximum absolute atomic E-state index is 14.6. The van der Waals surface area contributed by atoms with E-state index in [1.54, 1.807) is 18.2 Å². The topological polar surface area (TPSA) is 98.9 Å². The van der Waals surface area contributed by atoms with Crippen LogP contribution in [0.3, 0.4) is 0 Å². The predicted molar refractivity (Wildman–Crippen MR) is 176 cm³/mol. The lowest BCUT2D eigenvalue weighted by atomic mass is 9.69. The van der Waals surface area contributed by atoms with Gasteiger partial charge in [0.15, 0.2) is 0 Å². The number of nitrogens with one attached hydrogen (secondary N) is 1. The summed E-state index contributed by atoms with van der Waals surface area (Å²) in [7, 11) is 0. The first-order valence-electron chi connectivity index (χ1n) is 16.4. The molecule has 1 saturated carbocycles. The fraction of sp³-hybridized carbons (Fsp3) is 0.556. The number of benzene rings is 2. The van der Waals surface area contributed by atoms with Crippen LogP contribution in [-0.4, -0.2) is 46.9 Å². The highest BCUT2D eigenvalue weighted by molar-refractivity contribution is 6.46. The second-order valence-electron chi connectivity index (χ2n) is 15.3. The van der Waals surface area contributed by atoms with Gasteiger partial charge in [-0.1, -0.05) is 65.8 Å². The van der Waals surface area contributed by atoms with Crippen molar-refractivity contribution in [3.63, 3.8) is 0 Å². The second-order valence-corrected chi connectivity index (χ2v) is 15.3. The lowest BCUT2D eigenvalue weighted by molar-refractivity contribution is -0.137. The van der Waals surface area contributed by atoms with Crippen LogP contribution < -0.4 is 5.32 Å². The Morgan fingerprint density at radius 1 is 1.02 bits per heavy atom. The van der Waals surface area contributed by atoms with Crippen LogP contribution in [0.2, 0.25) is 0 Å². The number of hydrogen-bond acceptors (Lipinski definition) is 6. The number of alkyl halides is 3. The fourth-order valence-electron chi connectivity index (χ4n) is 6.86. The molecule has 0 radical (unpaired) electrons. The number of aliphatic imine (C=N–C) groups is 1. The van der Waals surface area contributed by atoms with Gasteiger partial charge in [-0.05, 0) is 90.3 Å². The van der Waals surface area contributed by atoms with Crippen LogP contribution in [0.15, 0.2) is 69.0 Å². The van der Waals surface area contributed by atoms with E-state index in [0.717, 1.165) is 37.0 Å². The van der Waals surface area contributed by atoms with E-state index in [2.05, 4.69) is 62.3 Å². The zero-order valence-corrected chi connectivity index (χ0v) is 28.1. The first-order valence-corrected chi connectivity index (χ1v) is 16.4. The highest BCUT2D eigenvalue weighted by Gasteiger charge is 2.53. The van der Waals surface area contributed by atoms with E-state index in [1.165, 1.54) is 6.07 Å². The molecular formula is C36H45F3N6O2. The SMILES string of the molecule is CC(C)(C)CC[C@H](c1ccc(C(=O)NCC2=NN=NC2)cc1)N1C(=O)C(c2cccc(C(F)(F)F)c2)=NC12CCC(C(C)(C)C)CC2. The highest BCUT2D eigenvalue weighted by Crippen LogP contribution is 2.50. The van der Waals surface area contributed by atoms with E-state index in [1.807, 2.05) is 17.0 Å². The molecule has 2 aliphatic heterocycles. The second kappa shape index (κ2) is 13.0. The first kappa shape index (κ1) is 34.4. The molecule has 1 spiro atoms. The van der Waals surface area contributed by atoms with E-state index in [9.17, 15) is 22.8 Å². The van der Waals surface area contributed by atoms with Crippen molar-refractivity contribution in [3.05, 3.63) is 70.8 Å². The van der Waals surface area contributed by atoms with Gasteiger partial charge in [0.25, 0.3) is 11.8 Å². The molecule has 2 heterocycles. The predicted octanol–water partition coefficient (Wildman–Crippen LogP) is 8.39. The van der Waals surface area contributed by atoms with Gasteiger partial charge in [-0.25, -0.2) is 0 Å². The van der Waals surface area contributed by atoms with Crippen molar-refractivity contribution in [3.8, 4) is 0 Å². The smallest absolute Gasteiger partial charge is 0.347 e. The summed E-state index contributed by atoms with van der Waals surface area (Å²) in [6, 6.07) is 11.8. The van der Waals surface area contributed by atoms with E-state index in [-0.39, 0.29) is 40.5 Å². The van der Waals surface area contributed by atoms with Crippen molar-refractivity contribution < 1.29 is 22.8 Å². The molecule has 1 atom stereocenters. The average molecular weight is 651 g/mol. The molecule has 0 aromatic heterocycles. The van der Waals surface area contributed by atoms with Crippen molar-refractivity contribution in [1.82, 2.24) is 10.2 Å². The molecule has 8 nitrogen and oxygen atoms in total.